The van der Waals surface area contributed by atoms with E-state index in [9.17, 15) is 5.11 Å². The van der Waals surface area contributed by atoms with Crippen molar-refractivity contribution in [1.29, 1.82) is 0 Å². The average Bonchev–Trinajstić information content (AvgIpc) is 2.69. The zero-order valence-corrected chi connectivity index (χ0v) is 7.05. The molecule has 1 saturated heterocycles. The minimum atomic E-state index is -0.284. The van der Waals surface area contributed by atoms with Gasteiger partial charge in [-0.05, 0) is 38.0 Å². The molecule has 1 heterocycles. The Labute approximate surface area is 67.6 Å². The van der Waals surface area contributed by atoms with Gasteiger partial charge >= 0.3 is 0 Å². The monoisotopic (exact) mass is 156 g/mol. The number of aliphatic hydroxyl groups excluding tert-OH is 1. The molecule has 0 aromatic carbocycles. The molecule has 1 saturated carbocycles. The first-order valence-corrected chi connectivity index (χ1v) is 4.52. The van der Waals surface area contributed by atoms with Gasteiger partial charge in [-0.15, -0.1) is 0 Å². The number of hydrogen-bond acceptors (Lipinski definition) is 2. The normalized spacial score (nSPS) is 37.1. The molecule has 1 aliphatic heterocycles. The molecule has 1 spiro atoms. The van der Waals surface area contributed by atoms with E-state index in [-0.39, 0.29) is 12.2 Å². The molecule has 64 valence electrons. The lowest BCUT2D eigenvalue weighted by Gasteiger charge is -2.31. The van der Waals surface area contributed by atoms with Gasteiger partial charge in [0.2, 0.25) is 0 Å². The highest BCUT2D eigenvalue weighted by Gasteiger charge is 2.47. The molecular formula is C9H16O2. The number of rotatable bonds is 1. The van der Waals surface area contributed by atoms with Crippen LogP contribution in [0.25, 0.3) is 0 Å². The van der Waals surface area contributed by atoms with Crippen molar-refractivity contribution < 1.29 is 9.84 Å². The van der Waals surface area contributed by atoms with Crippen LogP contribution in [0.15, 0.2) is 0 Å². The van der Waals surface area contributed by atoms with Crippen LogP contribution in [0.5, 0.6) is 0 Å². The Morgan fingerprint density at radius 2 is 2.18 bits per heavy atom. The lowest BCUT2D eigenvalue weighted by molar-refractivity contribution is -0.0765. The number of hydrogen-bond donors (Lipinski definition) is 1. The number of aliphatic hydroxyl groups is 1. The van der Waals surface area contributed by atoms with Crippen molar-refractivity contribution in [2.75, 3.05) is 6.61 Å². The summed E-state index contributed by atoms with van der Waals surface area (Å²) in [7, 11) is 0. The van der Waals surface area contributed by atoms with E-state index < -0.39 is 0 Å². The summed E-state index contributed by atoms with van der Waals surface area (Å²) in [6.45, 7) is 2.68. The maximum Gasteiger partial charge on any atom is 0.0836 e. The molecule has 2 heteroatoms. The van der Waals surface area contributed by atoms with Gasteiger partial charge in [0, 0.05) is 6.61 Å². The van der Waals surface area contributed by atoms with E-state index in [0.717, 1.165) is 13.0 Å². The van der Waals surface area contributed by atoms with Crippen LogP contribution >= 0.6 is 0 Å². The molecule has 2 fully saturated rings. The Morgan fingerprint density at radius 1 is 1.45 bits per heavy atom. The third kappa shape index (κ3) is 1.42. The third-order valence-electron chi connectivity index (χ3n) is 3.09. The van der Waals surface area contributed by atoms with E-state index in [1.807, 2.05) is 6.92 Å². The second-order valence-corrected chi connectivity index (χ2v) is 4.10. The molecule has 0 aromatic rings. The van der Waals surface area contributed by atoms with Gasteiger partial charge in [0.25, 0.3) is 0 Å². The second kappa shape index (κ2) is 2.46. The summed E-state index contributed by atoms with van der Waals surface area (Å²) in [5, 5.41) is 9.31. The van der Waals surface area contributed by atoms with E-state index in [1.165, 1.54) is 19.3 Å². The van der Waals surface area contributed by atoms with E-state index in [2.05, 4.69) is 0 Å². The highest BCUT2D eigenvalue weighted by atomic mass is 16.5. The van der Waals surface area contributed by atoms with Gasteiger partial charge in [-0.1, -0.05) is 0 Å². The van der Waals surface area contributed by atoms with Crippen LogP contribution in [-0.4, -0.2) is 23.9 Å². The Balaban J connectivity index is 1.93. The molecule has 1 N–H and O–H groups in total. The molecular weight excluding hydrogens is 140 g/mol. The summed E-state index contributed by atoms with van der Waals surface area (Å²) in [4.78, 5) is 0. The van der Waals surface area contributed by atoms with Crippen LogP contribution in [0.2, 0.25) is 0 Å². The molecule has 1 unspecified atom stereocenters. The van der Waals surface area contributed by atoms with Crippen molar-refractivity contribution in [2.24, 2.45) is 5.41 Å². The van der Waals surface area contributed by atoms with Gasteiger partial charge < -0.3 is 9.84 Å². The fraction of sp³-hybridized carbons (Fsp3) is 1.00. The summed E-state index contributed by atoms with van der Waals surface area (Å²) < 4.78 is 5.46. The van der Waals surface area contributed by atoms with E-state index in [0.29, 0.717) is 5.41 Å². The first kappa shape index (κ1) is 7.56. The van der Waals surface area contributed by atoms with E-state index >= 15 is 0 Å². The first-order valence-electron chi connectivity index (χ1n) is 4.52. The summed E-state index contributed by atoms with van der Waals surface area (Å²) in [6, 6.07) is 0. The average molecular weight is 156 g/mol. The van der Waals surface area contributed by atoms with Gasteiger partial charge in [0.15, 0.2) is 0 Å². The van der Waals surface area contributed by atoms with E-state index in [1.54, 1.807) is 0 Å². The zero-order chi connectivity index (χ0) is 7.90. The molecule has 11 heavy (non-hydrogen) atoms. The van der Waals surface area contributed by atoms with Crippen LogP contribution in [0.3, 0.4) is 0 Å². The molecule has 0 amide bonds. The van der Waals surface area contributed by atoms with Crippen molar-refractivity contribution in [3.05, 3.63) is 0 Å². The molecule has 2 rings (SSSR count). The standard InChI is InChI=1S/C9H16O2/c1-7(10)8-6-9(2-3-9)4-5-11-8/h7-8,10H,2-6H2,1H3/t7?,8-/m0/s1. The summed E-state index contributed by atoms with van der Waals surface area (Å²) in [5.41, 5.74) is 0.597. The highest BCUT2D eigenvalue weighted by Crippen LogP contribution is 2.54. The fourth-order valence-corrected chi connectivity index (χ4v) is 1.96. The third-order valence-corrected chi connectivity index (χ3v) is 3.09. The van der Waals surface area contributed by atoms with Gasteiger partial charge in [-0.25, -0.2) is 0 Å². The predicted molar refractivity (Wildman–Crippen MR) is 42.3 cm³/mol. The maximum absolute atomic E-state index is 9.31. The molecule has 2 nitrogen and oxygen atoms in total. The zero-order valence-electron chi connectivity index (χ0n) is 7.05. The Hall–Kier alpha value is -0.0800. The molecule has 0 aromatic heterocycles. The largest absolute Gasteiger partial charge is 0.391 e. The Bertz CT molecular complexity index is 150. The maximum atomic E-state index is 9.31. The van der Waals surface area contributed by atoms with Crippen LogP contribution < -0.4 is 0 Å². The van der Waals surface area contributed by atoms with Crippen LogP contribution in [0.1, 0.15) is 32.6 Å². The van der Waals surface area contributed by atoms with Crippen molar-refractivity contribution >= 4 is 0 Å². The molecule has 2 atom stereocenters. The van der Waals surface area contributed by atoms with Crippen LogP contribution in [-0.2, 0) is 4.74 Å². The highest BCUT2D eigenvalue weighted by molar-refractivity contribution is 4.97. The minimum absolute atomic E-state index is 0.117. The first-order chi connectivity index (χ1) is 5.22. The van der Waals surface area contributed by atoms with Crippen LogP contribution in [0.4, 0.5) is 0 Å². The Kier molecular flexibility index (Phi) is 1.69. The quantitative estimate of drug-likeness (QED) is 0.620. The van der Waals surface area contributed by atoms with Crippen molar-refractivity contribution in [1.82, 2.24) is 0 Å². The molecule has 0 bridgehead atoms. The van der Waals surface area contributed by atoms with Crippen molar-refractivity contribution in [3.8, 4) is 0 Å². The summed E-state index contributed by atoms with van der Waals surface area (Å²) >= 11 is 0. The molecule has 0 radical (unpaired) electrons. The van der Waals surface area contributed by atoms with Gasteiger partial charge in [-0.2, -0.15) is 0 Å². The van der Waals surface area contributed by atoms with Crippen molar-refractivity contribution in [3.63, 3.8) is 0 Å². The predicted octanol–water partition coefficient (Wildman–Crippen LogP) is 1.33. The van der Waals surface area contributed by atoms with E-state index in [4.69, 9.17) is 4.74 Å². The SMILES string of the molecule is CC(O)[C@@H]1CC2(CCO1)CC2. The van der Waals surface area contributed by atoms with Crippen LogP contribution in [0, 0.1) is 5.41 Å². The number of ether oxygens (including phenoxy) is 1. The molecule has 1 aliphatic carbocycles. The van der Waals surface area contributed by atoms with Crippen molar-refractivity contribution in [2.45, 2.75) is 44.8 Å². The lowest BCUT2D eigenvalue weighted by atomic mass is 9.90. The second-order valence-electron chi connectivity index (χ2n) is 4.10. The topological polar surface area (TPSA) is 29.5 Å². The minimum Gasteiger partial charge on any atom is -0.391 e. The van der Waals surface area contributed by atoms with Gasteiger partial charge in [0.1, 0.15) is 0 Å². The smallest absolute Gasteiger partial charge is 0.0836 e. The summed E-state index contributed by atoms with van der Waals surface area (Å²) in [6.07, 6.45) is 4.86. The van der Waals surface area contributed by atoms with Gasteiger partial charge in [0.05, 0.1) is 12.2 Å². The lowest BCUT2D eigenvalue weighted by Crippen LogP contribution is -2.34. The summed E-state index contributed by atoms with van der Waals surface area (Å²) in [5.74, 6) is 0. The van der Waals surface area contributed by atoms with Gasteiger partial charge in [-0.3, -0.25) is 0 Å². The fourth-order valence-electron chi connectivity index (χ4n) is 1.96. The molecule has 2 aliphatic rings. The Morgan fingerprint density at radius 3 is 2.73 bits per heavy atom.